The topological polar surface area (TPSA) is 158 Å². The molecule has 2 aromatic heterocycles. The quantitative estimate of drug-likeness (QED) is 0.389. The molecule has 0 saturated carbocycles. The van der Waals surface area contributed by atoms with E-state index in [2.05, 4.69) is 20.3 Å². The van der Waals surface area contributed by atoms with E-state index in [-0.39, 0.29) is 37.9 Å². The van der Waals surface area contributed by atoms with Gasteiger partial charge in [0.1, 0.15) is 5.82 Å². The number of morpholine rings is 1. The van der Waals surface area contributed by atoms with Gasteiger partial charge >= 0.3 is 0 Å². The lowest BCUT2D eigenvalue weighted by atomic mass is 9.90. The first kappa shape index (κ1) is 26.7. The van der Waals surface area contributed by atoms with Crippen molar-refractivity contribution < 1.29 is 28.2 Å². The average Bonchev–Trinajstić information content (AvgIpc) is 3.39. The van der Waals surface area contributed by atoms with Crippen molar-refractivity contribution in [3.63, 3.8) is 0 Å². The number of hydrogen-bond acceptors (Lipinski definition) is 9. The standard InChI is InChI=1S/C26H30FN7O5/c1-26(24(36)34-10-12-37-13-11-34)14-38-23(39-15-26)22-32-20(16-2-4-17(27)5-3-16)21(33-22)18-6-8-29-25(31-18)30-9-7-19(28)35/h2-6,8,23H,7,9-15H2,1H3,(H2,28,35)(H,32,33)(H,29,30,31). The number of nitrogens with one attached hydrogen (secondary N) is 2. The summed E-state index contributed by atoms with van der Waals surface area (Å²) in [5.74, 6) is -0.161. The molecule has 0 radical (unpaired) electrons. The third kappa shape index (κ3) is 6.05. The van der Waals surface area contributed by atoms with Gasteiger partial charge in [0.15, 0.2) is 5.82 Å². The molecule has 0 aliphatic carbocycles. The number of imidazole rings is 1. The van der Waals surface area contributed by atoms with Crippen molar-refractivity contribution >= 4 is 17.8 Å². The van der Waals surface area contributed by atoms with Crippen LogP contribution in [0.2, 0.25) is 0 Å². The van der Waals surface area contributed by atoms with E-state index in [1.807, 2.05) is 6.92 Å². The Kier molecular flexibility index (Phi) is 7.82. The van der Waals surface area contributed by atoms with Crippen molar-refractivity contribution in [1.29, 1.82) is 0 Å². The molecule has 2 aliphatic rings. The van der Waals surface area contributed by atoms with Crippen molar-refractivity contribution in [2.24, 2.45) is 11.1 Å². The number of carbonyl (C=O) groups excluding carboxylic acids is 2. The fourth-order valence-corrected chi connectivity index (χ4v) is 4.42. The Hall–Kier alpha value is -3.94. The minimum absolute atomic E-state index is 0.0336. The highest BCUT2D eigenvalue weighted by Gasteiger charge is 2.43. The van der Waals surface area contributed by atoms with Crippen molar-refractivity contribution in [3.8, 4) is 22.6 Å². The summed E-state index contributed by atoms with van der Waals surface area (Å²) < 4.78 is 31.0. The molecule has 3 aromatic rings. The number of benzene rings is 1. The number of hydrogen-bond donors (Lipinski definition) is 3. The minimum atomic E-state index is -0.849. The third-order valence-electron chi connectivity index (χ3n) is 6.55. The minimum Gasteiger partial charge on any atom is -0.378 e. The predicted octanol–water partition coefficient (Wildman–Crippen LogP) is 1.87. The first-order valence-electron chi connectivity index (χ1n) is 12.6. The zero-order chi connectivity index (χ0) is 27.4. The van der Waals surface area contributed by atoms with Gasteiger partial charge in [-0.2, -0.15) is 0 Å². The van der Waals surface area contributed by atoms with E-state index in [1.165, 1.54) is 12.1 Å². The van der Waals surface area contributed by atoms with Crippen molar-refractivity contribution in [3.05, 3.63) is 48.2 Å². The summed E-state index contributed by atoms with van der Waals surface area (Å²) in [5.41, 5.74) is 6.59. The molecule has 0 bridgehead atoms. The van der Waals surface area contributed by atoms with Gasteiger partial charge in [-0.25, -0.2) is 19.3 Å². The van der Waals surface area contributed by atoms with Crippen LogP contribution in [-0.2, 0) is 23.8 Å². The average molecular weight is 540 g/mol. The van der Waals surface area contributed by atoms with Crippen LogP contribution in [0.15, 0.2) is 36.5 Å². The van der Waals surface area contributed by atoms with Gasteiger partial charge in [-0.3, -0.25) is 9.59 Å². The molecule has 4 heterocycles. The van der Waals surface area contributed by atoms with Crippen LogP contribution in [0.1, 0.15) is 25.5 Å². The molecule has 2 saturated heterocycles. The molecule has 4 N–H and O–H groups in total. The SMILES string of the molecule is CC1(C(=O)N2CCOCC2)COC(c2nc(-c3ccc(F)cc3)c(-c3ccnc(NCCC(N)=O)n3)[nH]2)OC1. The Labute approximate surface area is 224 Å². The summed E-state index contributed by atoms with van der Waals surface area (Å²) in [4.78, 5) is 42.7. The highest BCUT2D eigenvalue weighted by molar-refractivity contribution is 5.83. The molecular weight excluding hydrogens is 509 g/mol. The van der Waals surface area contributed by atoms with Crippen LogP contribution in [0.4, 0.5) is 10.3 Å². The van der Waals surface area contributed by atoms with Gasteiger partial charge < -0.3 is 35.1 Å². The van der Waals surface area contributed by atoms with Crippen LogP contribution >= 0.6 is 0 Å². The van der Waals surface area contributed by atoms with Gasteiger partial charge in [0.25, 0.3) is 0 Å². The summed E-state index contributed by atoms with van der Waals surface area (Å²) in [5, 5.41) is 2.97. The highest BCUT2D eigenvalue weighted by Crippen LogP contribution is 2.36. The van der Waals surface area contributed by atoms with Gasteiger partial charge in [-0.15, -0.1) is 0 Å². The fraction of sp³-hybridized carbons (Fsp3) is 0.423. The number of aromatic amines is 1. The number of primary amides is 1. The summed E-state index contributed by atoms with van der Waals surface area (Å²) in [6.07, 6.45) is 0.852. The zero-order valence-electron chi connectivity index (χ0n) is 21.5. The van der Waals surface area contributed by atoms with Gasteiger partial charge in [0.2, 0.25) is 24.1 Å². The molecule has 0 unspecified atom stereocenters. The number of aromatic nitrogens is 4. The molecule has 2 aliphatic heterocycles. The van der Waals surface area contributed by atoms with Crippen molar-refractivity contribution in [1.82, 2.24) is 24.8 Å². The van der Waals surface area contributed by atoms with Gasteiger partial charge in [-0.1, -0.05) is 0 Å². The van der Waals surface area contributed by atoms with E-state index >= 15 is 0 Å². The number of nitrogens with two attached hydrogens (primary N) is 1. The van der Waals surface area contributed by atoms with Gasteiger partial charge in [0, 0.05) is 37.8 Å². The van der Waals surface area contributed by atoms with Crippen LogP contribution < -0.4 is 11.1 Å². The molecule has 5 rings (SSSR count). The number of nitrogens with zero attached hydrogens (tertiary/aromatic N) is 4. The van der Waals surface area contributed by atoms with E-state index in [9.17, 15) is 14.0 Å². The second kappa shape index (κ2) is 11.4. The molecule has 39 heavy (non-hydrogen) atoms. The number of ether oxygens (including phenoxy) is 3. The normalized spacial score (nSPS) is 21.5. The number of carbonyl (C=O) groups is 2. The Morgan fingerprint density at radius 1 is 1.15 bits per heavy atom. The zero-order valence-corrected chi connectivity index (χ0v) is 21.5. The smallest absolute Gasteiger partial charge is 0.233 e. The number of H-pyrrole nitrogens is 1. The van der Waals surface area contributed by atoms with E-state index in [0.717, 1.165) is 0 Å². The largest absolute Gasteiger partial charge is 0.378 e. The molecular formula is C26H30FN7O5. The molecule has 2 fully saturated rings. The summed E-state index contributed by atoms with van der Waals surface area (Å²) >= 11 is 0. The molecule has 2 amide bonds. The highest BCUT2D eigenvalue weighted by atomic mass is 19.1. The number of anilines is 1. The molecule has 13 heteroatoms. The Morgan fingerprint density at radius 2 is 1.87 bits per heavy atom. The molecule has 12 nitrogen and oxygen atoms in total. The predicted molar refractivity (Wildman–Crippen MR) is 137 cm³/mol. The Morgan fingerprint density at radius 3 is 2.56 bits per heavy atom. The van der Waals surface area contributed by atoms with E-state index < -0.39 is 17.6 Å². The molecule has 0 spiro atoms. The van der Waals surface area contributed by atoms with Crippen LogP contribution in [0.5, 0.6) is 0 Å². The maximum atomic E-state index is 13.7. The van der Waals surface area contributed by atoms with Crippen molar-refractivity contribution in [2.45, 2.75) is 19.6 Å². The first-order valence-corrected chi connectivity index (χ1v) is 12.6. The number of halogens is 1. The van der Waals surface area contributed by atoms with Crippen LogP contribution in [0.3, 0.4) is 0 Å². The Bertz CT molecular complexity index is 1320. The maximum Gasteiger partial charge on any atom is 0.233 e. The lowest BCUT2D eigenvalue weighted by molar-refractivity contribution is -0.235. The van der Waals surface area contributed by atoms with Crippen molar-refractivity contribution in [2.75, 3.05) is 51.4 Å². The fourth-order valence-electron chi connectivity index (χ4n) is 4.42. The van der Waals surface area contributed by atoms with E-state index in [1.54, 1.807) is 29.3 Å². The first-order chi connectivity index (χ1) is 18.8. The lowest BCUT2D eigenvalue weighted by Crippen LogP contribution is -2.53. The number of rotatable bonds is 8. The van der Waals surface area contributed by atoms with E-state index in [0.29, 0.717) is 60.7 Å². The van der Waals surface area contributed by atoms with Gasteiger partial charge in [-0.05, 0) is 37.3 Å². The van der Waals surface area contributed by atoms with Crippen LogP contribution in [0, 0.1) is 11.2 Å². The molecule has 1 aromatic carbocycles. The third-order valence-corrected chi connectivity index (χ3v) is 6.55. The van der Waals surface area contributed by atoms with Crippen LogP contribution in [0.25, 0.3) is 22.6 Å². The molecule has 0 atom stereocenters. The van der Waals surface area contributed by atoms with Crippen LogP contribution in [-0.4, -0.2) is 82.7 Å². The van der Waals surface area contributed by atoms with Gasteiger partial charge in [0.05, 0.1) is 48.9 Å². The summed E-state index contributed by atoms with van der Waals surface area (Å²) in [6, 6.07) is 7.63. The summed E-state index contributed by atoms with van der Waals surface area (Å²) in [6.45, 7) is 4.51. The lowest BCUT2D eigenvalue weighted by Gasteiger charge is -2.39. The second-order valence-electron chi connectivity index (χ2n) is 9.68. The second-order valence-corrected chi connectivity index (χ2v) is 9.68. The number of amides is 2. The monoisotopic (exact) mass is 539 g/mol. The Balaban J connectivity index is 1.39. The molecule has 206 valence electrons. The maximum absolute atomic E-state index is 13.7. The summed E-state index contributed by atoms with van der Waals surface area (Å²) in [7, 11) is 0. The van der Waals surface area contributed by atoms with E-state index in [4.69, 9.17) is 24.9 Å².